The molecule has 0 aliphatic heterocycles. The van der Waals surface area contributed by atoms with E-state index in [9.17, 15) is 9.59 Å². The van der Waals surface area contributed by atoms with Gasteiger partial charge in [-0.3, -0.25) is 9.79 Å². The van der Waals surface area contributed by atoms with E-state index in [0.717, 1.165) is 13.4 Å². The van der Waals surface area contributed by atoms with Crippen LogP contribution in [0.25, 0.3) is 0 Å². The molecule has 11 heteroatoms. The predicted molar refractivity (Wildman–Crippen MR) is 56.7 cm³/mol. The largest absolute Gasteiger partial charge is 0.464 e. The van der Waals surface area contributed by atoms with Gasteiger partial charge in [0.05, 0.1) is 7.11 Å². The van der Waals surface area contributed by atoms with E-state index in [1.165, 1.54) is 0 Å². The maximum Gasteiger partial charge on any atom is 0.364 e. The van der Waals surface area contributed by atoms with Crippen LogP contribution in [0.15, 0.2) is 20.0 Å². The summed E-state index contributed by atoms with van der Waals surface area (Å²) in [6.07, 6.45) is 1.00. The van der Waals surface area contributed by atoms with E-state index in [1.807, 2.05) is 0 Å². The first-order valence-electron chi connectivity index (χ1n) is 4.48. The second-order valence-electron chi connectivity index (χ2n) is 2.69. The van der Waals surface area contributed by atoms with Gasteiger partial charge in [-0.05, 0) is 10.3 Å². The minimum atomic E-state index is -0.785. The van der Waals surface area contributed by atoms with E-state index in [1.54, 1.807) is 0 Å². The van der Waals surface area contributed by atoms with Crippen molar-refractivity contribution in [3.05, 3.63) is 5.69 Å². The van der Waals surface area contributed by atoms with Crippen LogP contribution >= 0.6 is 0 Å². The number of methoxy groups -OCH3 is 1. The molecule has 11 nitrogen and oxygen atoms in total. The fourth-order valence-corrected chi connectivity index (χ4v) is 0.863. The summed E-state index contributed by atoms with van der Waals surface area (Å²) in [6, 6.07) is 0. The highest BCUT2D eigenvalue weighted by Crippen LogP contribution is 2.10. The zero-order valence-electron chi connectivity index (χ0n) is 9.23. The van der Waals surface area contributed by atoms with E-state index in [-0.39, 0.29) is 18.1 Å². The Balaban J connectivity index is 2.59. The molecule has 1 heterocycles. The summed E-state index contributed by atoms with van der Waals surface area (Å²) in [5.41, 5.74) is -0.239. The summed E-state index contributed by atoms with van der Waals surface area (Å²) in [7, 11) is 1.16. The van der Waals surface area contributed by atoms with Crippen molar-refractivity contribution < 1.29 is 19.0 Å². The number of rotatable bonds is 5. The molecular formula is C7H9N7O4. The molecule has 0 aromatic carbocycles. The SMILES string of the molecule is COC(=O)c1nonc1NC(=O)CN=CN=NN. The van der Waals surface area contributed by atoms with Gasteiger partial charge in [0.2, 0.25) is 17.4 Å². The number of anilines is 1. The Labute approximate surface area is 100 Å². The van der Waals surface area contributed by atoms with Gasteiger partial charge in [0.25, 0.3) is 0 Å². The number of hydrogen-bond donors (Lipinski definition) is 2. The minimum absolute atomic E-state index is 0.150. The number of aliphatic imine (C=N–C) groups is 1. The molecule has 0 unspecified atom stereocenters. The van der Waals surface area contributed by atoms with Crippen LogP contribution in [0.5, 0.6) is 0 Å². The van der Waals surface area contributed by atoms with Crippen LogP contribution in [-0.4, -0.2) is 42.2 Å². The van der Waals surface area contributed by atoms with E-state index >= 15 is 0 Å². The summed E-state index contributed by atoms with van der Waals surface area (Å²) in [5.74, 6) is 3.22. The molecule has 18 heavy (non-hydrogen) atoms. The molecule has 1 aromatic heterocycles. The van der Waals surface area contributed by atoms with Gasteiger partial charge in [0.15, 0.2) is 0 Å². The molecule has 1 aromatic rings. The Morgan fingerprint density at radius 3 is 3.00 bits per heavy atom. The first-order chi connectivity index (χ1) is 8.69. The number of carbonyl (C=O) groups is 2. The zero-order chi connectivity index (χ0) is 13.4. The van der Waals surface area contributed by atoms with E-state index in [4.69, 9.17) is 5.84 Å². The quantitative estimate of drug-likeness (QED) is 0.173. The lowest BCUT2D eigenvalue weighted by molar-refractivity contribution is -0.114. The van der Waals surface area contributed by atoms with Gasteiger partial charge in [-0.1, -0.05) is 5.22 Å². The van der Waals surface area contributed by atoms with Crippen molar-refractivity contribution >= 4 is 24.0 Å². The lowest BCUT2D eigenvalue weighted by Crippen LogP contribution is -2.17. The van der Waals surface area contributed by atoms with Crippen molar-refractivity contribution in [2.24, 2.45) is 21.2 Å². The number of ether oxygens (including phenoxy) is 1. The molecule has 0 spiro atoms. The highest BCUT2D eigenvalue weighted by Gasteiger charge is 2.20. The van der Waals surface area contributed by atoms with Gasteiger partial charge in [0, 0.05) is 0 Å². The summed E-state index contributed by atoms with van der Waals surface area (Å²) in [5, 5.41) is 15.0. The molecule has 0 bridgehead atoms. The first kappa shape index (κ1) is 13.2. The monoisotopic (exact) mass is 255 g/mol. The fourth-order valence-electron chi connectivity index (χ4n) is 0.863. The standard InChI is InChI=1S/C7H9N7O4/c1-17-7(16)5-6(13-18-12-5)11-4(15)2-9-3-10-14-8/h3H,2H2,1H3,(H2,8,9,10)(H,11,13,15). The maximum absolute atomic E-state index is 11.3. The van der Waals surface area contributed by atoms with Gasteiger partial charge in [0.1, 0.15) is 12.9 Å². The van der Waals surface area contributed by atoms with Crippen molar-refractivity contribution in [2.45, 2.75) is 0 Å². The van der Waals surface area contributed by atoms with Crippen molar-refractivity contribution in [1.82, 2.24) is 10.3 Å². The smallest absolute Gasteiger partial charge is 0.364 e. The third-order valence-electron chi connectivity index (χ3n) is 1.56. The normalized spacial score (nSPS) is 10.9. The van der Waals surface area contributed by atoms with Crippen molar-refractivity contribution in [3.63, 3.8) is 0 Å². The summed E-state index contributed by atoms with van der Waals surface area (Å²) in [6.45, 7) is -0.257. The molecule has 0 aliphatic carbocycles. The molecular weight excluding hydrogens is 246 g/mol. The fraction of sp³-hybridized carbons (Fsp3) is 0.286. The molecule has 0 saturated carbocycles. The van der Waals surface area contributed by atoms with Crippen molar-refractivity contribution in [3.8, 4) is 0 Å². The van der Waals surface area contributed by atoms with Gasteiger partial charge in [-0.25, -0.2) is 9.42 Å². The highest BCUT2D eigenvalue weighted by atomic mass is 16.6. The molecule has 0 fully saturated rings. The van der Waals surface area contributed by atoms with Crippen LogP contribution < -0.4 is 11.2 Å². The second kappa shape index (κ2) is 6.67. The third-order valence-corrected chi connectivity index (χ3v) is 1.56. The number of hydrogen-bond acceptors (Lipinski definition) is 8. The van der Waals surface area contributed by atoms with Crippen molar-refractivity contribution in [2.75, 3.05) is 19.0 Å². The van der Waals surface area contributed by atoms with Gasteiger partial charge in [-0.15, -0.1) is 5.11 Å². The Morgan fingerprint density at radius 1 is 1.56 bits per heavy atom. The maximum atomic E-state index is 11.3. The van der Waals surface area contributed by atoms with Gasteiger partial charge in [-0.2, -0.15) is 0 Å². The van der Waals surface area contributed by atoms with Crippen molar-refractivity contribution in [1.29, 1.82) is 0 Å². The first-order valence-corrected chi connectivity index (χ1v) is 4.48. The molecule has 0 aliphatic rings. The van der Waals surface area contributed by atoms with Crippen LogP contribution in [0, 0.1) is 0 Å². The number of nitrogens with two attached hydrogens (primary N) is 1. The van der Waals surface area contributed by atoms with Crippen LogP contribution in [0.4, 0.5) is 5.82 Å². The lowest BCUT2D eigenvalue weighted by Gasteiger charge is -1.98. The molecule has 0 saturated heterocycles. The number of esters is 1. The van der Waals surface area contributed by atoms with Gasteiger partial charge >= 0.3 is 5.97 Å². The van der Waals surface area contributed by atoms with Crippen LogP contribution in [0.3, 0.4) is 0 Å². The van der Waals surface area contributed by atoms with Crippen LogP contribution in [0.1, 0.15) is 10.5 Å². The summed E-state index contributed by atoms with van der Waals surface area (Å²) < 4.78 is 8.71. The average molecular weight is 255 g/mol. The Morgan fingerprint density at radius 2 is 2.33 bits per heavy atom. The highest BCUT2D eigenvalue weighted by molar-refractivity contribution is 5.99. The number of carbonyl (C=O) groups excluding carboxylic acids is 2. The predicted octanol–water partition coefficient (Wildman–Crippen LogP) is -0.851. The lowest BCUT2D eigenvalue weighted by atomic mass is 10.4. The molecule has 0 radical (unpaired) electrons. The Hall–Kier alpha value is -2.85. The van der Waals surface area contributed by atoms with Gasteiger partial charge < -0.3 is 15.9 Å². The number of amides is 1. The number of nitrogens with one attached hydrogen (secondary N) is 1. The Bertz CT molecular complexity index is 480. The van der Waals surface area contributed by atoms with E-state index in [2.05, 4.69) is 40.3 Å². The van der Waals surface area contributed by atoms with E-state index in [0.29, 0.717) is 0 Å². The van der Waals surface area contributed by atoms with Crippen LogP contribution in [0.2, 0.25) is 0 Å². The zero-order valence-corrected chi connectivity index (χ0v) is 9.23. The van der Waals surface area contributed by atoms with E-state index < -0.39 is 11.9 Å². The molecule has 1 rings (SSSR count). The number of nitrogens with zero attached hydrogens (tertiary/aromatic N) is 5. The topological polar surface area (TPSA) is 157 Å². The minimum Gasteiger partial charge on any atom is -0.464 e. The average Bonchev–Trinajstić information content (AvgIpc) is 2.82. The second-order valence-corrected chi connectivity index (χ2v) is 2.69. The third kappa shape index (κ3) is 3.62. The van der Waals surface area contributed by atoms with Crippen LogP contribution in [-0.2, 0) is 9.53 Å². The summed E-state index contributed by atoms with van der Waals surface area (Å²) in [4.78, 5) is 26.1. The molecule has 3 N–H and O–H groups in total. The summed E-state index contributed by atoms with van der Waals surface area (Å²) >= 11 is 0. The molecule has 0 atom stereocenters. The Kier molecular flexibility index (Phi) is 4.90. The molecule has 96 valence electrons. The molecule has 1 amide bonds. The number of aromatic nitrogens is 2.